The van der Waals surface area contributed by atoms with Gasteiger partial charge >= 0.3 is 5.97 Å². The van der Waals surface area contributed by atoms with Crippen molar-refractivity contribution >= 4 is 28.2 Å². The zero-order chi connectivity index (χ0) is 14.0. The van der Waals surface area contributed by atoms with Crippen molar-refractivity contribution in [3.63, 3.8) is 0 Å². The summed E-state index contributed by atoms with van der Waals surface area (Å²) in [5, 5.41) is 12.5. The summed E-state index contributed by atoms with van der Waals surface area (Å²) in [6.07, 6.45) is 3.09. The number of nitrogens with one attached hydrogen (secondary N) is 1. The number of hydrogen-bond acceptors (Lipinski definition) is 6. The van der Waals surface area contributed by atoms with Crippen molar-refractivity contribution in [1.82, 2.24) is 4.98 Å². The van der Waals surface area contributed by atoms with Crippen LogP contribution in [0, 0.1) is 0 Å². The largest absolute Gasteiger partial charge is 0.476 e. The zero-order valence-electron chi connectivity index (χ0n) is 10.9. The summed E-state index contributed by atoms with van der Waals surface area (Å²) in [6.45, 7) is 1.92. The molecule has 1 aliphatic rings. The van der Waals surface area contributed by atoms with Crippen LogP contribution in [0.5, 0.6) is 0 Å². The number of nitrogens with zero attached hydrogens (tertiary/aromatic N) is 1. The molecule has 19 heavy (non-hydrogen) atoms. The van der Waals surface area contributed by atoms with E-state index in [2.05, 4.69) is 10.3 Å². The summed E-state index contributed by atoms with van der Waals surface area (Å²) in [4.78, 5) is 26.5. The number of aromatic nitrogens is 1. The van der Waals surface area contributed by atoms with Crippen LogP contribution >= 0.6 is 11.3 Å². The number of methoxy groups -OCH3 is 1. The minimum Gasteiger partial charge on any atom is -0.476 e. The minimum atomic E-state index is -1.18. The van der Waals surface area contributed by atoms with E-state index in [-0.39, 0.29) is 22.0 Å². The van der Waals surface area contributed by atoms with Crippen LogP contribution in [0.3, 0.4) is 0 Å². The van der Waals surface area contributed by atoms with Crippen LogP contribution in [-0.4, -0.2) is 41.1 Å². The number of carbonyl (C=O) groups excluding carboxylic acids is 1. The van der Waals surface area contributed by atoms with Gasteiger partial charge in [0.15, 0.2) is 16.6 Å². The molecule has 1 fully saturated rings. The predicted molar refractivity (Wildman–Crippen MR) is 71.2 cm³/mol. The molecule has 1 aromatic heterocycles. The number of carboxylic acids is 1. The van der Waals surface area contributed by atoms with Gasteiger partial charge in [-0.2, -0.15) is 0 Å². The molecule has 0 saturated heterocycles. The molecule has 0 aromatic carbocycles. The Hall–Kier alpha value is -1.47. The Morgan fingerprint density at radius 1 is 1.53 bits per heavy atom. The normalized spacial score (nSPS) is 16.7. The summed E-state index contributed by atoms with van der Waals surface area (Å²) in [5.41, 5.74) is -0.356. The average Bonchev–Trinajstić information content (AvgIpc) is 2.72. The molecule has 0 unspecified atom stereocenters. The first kappa shape index (κ1) is 14.0. The molecule has 1 saturated carbocycles. The van der Waals surface area contributed by atoms with Crippen LogP contribution in [0.1, 0.15) is 46.3 Å². The first-order valence-electron chi connectivity index (χ1n) is 6.01. The van der Waals surface area contributed by atoms with Crippen LogP contribution in [0.4, 0.5) is 5.13 Å². The lowest BCUT2D eigenvalue weighted by Gasteiger charge is -2.40. The second-order valence-electron chi connectivity index (χ2n) is 4.65. The molecule has 0 amide bonds. The Morgan fingerprint density at radius 3 is 2.58 bits per heavy atom. The molecule has 7 heteroatoms. The van der Waals surface area contributed by atoms with E-state index >= 15 is 0 Å². The topological polar surface area (TPSA) is 88.5 Å². The van der Waals surface area contributed by atoms with Crippen LogP contribution < -0.4 is 5.32 Å². The molecular weight excluding hydrogens is 268 g/mol. The Balaban J connectivity index is 2.11. The maximum atomic E-state index is 11.4. The van der Waals surface area contributed by atoms with Gasteiger partial charge < -0.3 is 15.2 Å². The van der Waals surface area contributed by atoms with Gasteiger partial charge in [0.25, 0.3) is 0 Å². The van der Waals surface area contributed by atoms with Gasteiger partial charge in [-0.15, -0.1) is 0 Å². The van der Waals surface area contributed by atoms with Gasteiger partial charge in [0, 0.05) is 20.6 Å². The minimum absolute atomic E-state index is 0.175. The number of Topliss-reactive ketones (excluding diaryl/α,β-unsaturated/α-hetero) is 1. The van der Waals surface area contributed by atoms with Crippen LogP contribution in [-0.2, 0) is 4.74 Å². The van der Waals surface area contributed by atoms with Crippen molar-refractivity contribution in [2.45, 2.75) is 31.8 Å². The van der Waals surface area contributed by atoms with E-state index in [4.69, 9.17) is 9.84 Å². The Kier molecular flexibility index (Phi) is 3.86. The molecule has 0 radical (unpaired) electrons. The molecule has 0 spiro atoms. The second kappa shape index (κ2) is 5.26. The van der Waals surface area contributed by atoms with Crippen molar-refractivity contribution in [3.05, 3.63) is 10.6 Å². The van der Waals surface area contributed by atoms with E-state index in [1.165, 1.54) is 6.92 Å². The number of anilines is 1. The van der Waals surface area contributed by atoms with Gasteiger partial charge in [-0.25, -0.2) is 9.78 Å². The zero-order valence-corrected chi connectivity index (χ0v) is 11.7. The maximum Gasteiger partial charge on any atom is 0.356 e. The van der Waals surface area contributed by atoms with Gasteiger partial charge in [0.2, 0.25) is 0 Å². The number of carbonyl (C=O) groups is 2. The molecule has 2 rings (SSSR count). The molecule has 0 atom stereocenters. The quantitative estimate of drug-likeness (QED) is 0.777. The Bertz CT molecular complexity index is 471. The van der Waals surface area contributed by atoms with Crippen molar-refractivity contribution in [2.24, 2.45) is 0 Å². The molecule has 1 heterocycles. The summed E-state index contributed by atoms with van der Waals surface area (Å²) in [6, 6.07) is 0. The van der Waals surface area contributed by atoms with Gasteiger partial charge in [0.05, 0.1) is 5.60 Å². The monoisotopic (exact) mass is 284 g/mol. The van der Waals surface area contributed by atoms with E-state index in [9.17, 15) is 9.59 Å². The molecule has 0 aliphatic heterocycles. The lowest BCUT2D eigenvalue weighted by atomic mass is 9.80. The SMILES string of the molecule is COC1(CNc2nc(C(=O)O)c(C(C)=O)s2)CCC1. The summed E-state index contributed by atoms with van der Waals surface area (Å²) < 4.78 is 5.46. The van der Waals surface area contributed by atoms with E-state index in [0.29, 0.717) is 11.7 Å². The van der Waals surface area contributed by atoms with Crippen LogP contribution in [0.15, 0.2) is 0 Å². The highest BCUT2D eigenvalue weighted by Crippen LogP contribution is 2.35. The number of aromatic carboxylic acids is 1. The fourth-order valence-electron chi connectivity index (χ4n) is 2.04. The Morgan fingerprint density at radius 2 is 2.21 bits per heavy atom. The van der Waals surface area contributed by atoms with Crippen LogP contribution in [0.25, 0.3) is 0 Å². The smallest absolute Gasteiger partial charge is 0.356 e. The molecular formula is C12H16N2O4S. The fourth-order valence-corrected chi connectivity index (χ4v) is 2.89. The van der Waals surface area contributed by atoms with E-state index in [0.717, 1.165) is 30.6 Å². The lowest BCUT2D eigenvalue weighted by Crippen LogP contribution is -2.45. The van der Waals surface area contributed by atoms with Crippen molar-refractivity contribution < 1.29 is 19.4 Å². The van der Waals surface area contributed by atoms with E-state index < -0.39 is 5.97 Å². The number of ketones is 1. The summed E-state index contributed by atoms with van der Waals surface area (Å²) >= 11 is 1.07. The molecule has 1 aromatic rings. The van der Waals surface area contributed by atoms with E-state index in [1.54, 1.807) is 7.11 Å². The van der Waals surface area contributed by atoms with Gasteiger partial charge in [-0.1, -0.05) is 11.3 Å². The third-order valence-electron chi connectivity index (χ3n) is 3.41. The summed E-state index contributed by atoms with van der Waals surface area (Å²) in [5.74, 6) is -1.47. The third kappa shape index (κ3) is 2.76. The van der Waals surface area contributed by atoms with E-state index in [1.807, 2.05) is 0 Å². The molecule has 1 aliphatic carbocycles. The van der Waals surface area contributed by atoms with Gasteiger partial charge in [-0.3, -0.25) is 4.79 Å². The fraction of sp³-hybridized carbons (Fsp3) is 0.583. The molecule has 2 N–H and O–H groups in total. The van der Waals surface area contributed by atoms with Crippen molar-refractivity contribution in [2.75, 3.05) is 19.0 Å². The average molecular weight is 284 g/mol. The van der Waals surface area contributed by atoms with Crippen LogP contribution in [0.2, 0.25) is 0 Å². The number of thiazole rings is 1. The number of carboxylic acid groups (broad SMARTS) is 1. The van der Waals surface area contributed by atoms with Gasteiger partial charge in [0.1, 0.15) is 4.88 Å². The molecule has 6 nitrogen and oxygen atoms in total. The number of ether oxygens (including phenoxy) is 1. The highest BCUT2D eigenvalue weighted by molar-refractivity contribution is 7.17. The third-order valence-corrected chi connectivity index (χ3v) is 4.52. The molecule has 0 bridgehead atoms. The highest BCUT2D eigenvalue weighted by atomic mass is 32.1. The first-order valence-corrected chi connectivity index (χ1v) is 6.83. The second-order valence-corrected chi connectivity index (χ2v) is 5.65. The lowest BCUT2D eigenvalue weighted by molar-refractivity contribution is -0.0601. The highest BCUT2D eigenvalue weighted by Gasteiger charge is 2.37. The van der Waals surface area contributed by atoms with Gasteiger partial charge in [-0.05, 0) is 19.3 Å². The number of hydrogen-bond donors (Lipinski definition) is 2. The standard InChI is InChI=1S/C12H16N2O4S/c1-7(15)9-8(10(16)17)14-11(19-9)13-6-12(18-2)4-3-5-12/h3-6H2,1-2H3,(H,13,14)(H,16,17). The first-order chi connectivity index (χ1) is 8.97. The summed E-state index contributed by atoms with van der Waals surface area (Å²) in [7, 11) is 1.67. The predicted octanol–water partition coefficient (Wildman–Crippen LogP) is 2.02. The van der Waals surface area contributed by atoms with Crippen molar-refractivity contribution in [3.8, 4) is 0 Å². The molecule has 104 valence electrons. The maximum absolute atomic E-state index is 11.4. The number of rotatable bonds is 6. The van der Waals surface area contributed by atoms with Crippen molar-refractivity contribution in [1.29, 1.82) is 0 Å². The Labute approximate surface area is 114 Å².